The minimum Gasteiger partial charge on any atom is -1.00 e. The lowest BCUT2D eigenvalue weighted by Crippen LogP contribution is -3.00. The molecule has 0 unspecified atom stereocenters. The highest BCUT2D eigenvalue weighted by atomic mass is 127. The molecule has 1 heterocycles. The standard InChI is InChI=1S/C9H17N2.HI/c1-5-6-11-9(3)7-8(2)10(11)4;/h7H,5-6H2,1-4H3;1H/q+1;/p-1. The largest absolute Gasteiger partial charge is 1.00 e. The van der Waals surface area contributed by atoms with Gasteiger partial charge in [-0.2, -0.15) is 4.68 Å². The van der Waals surface area contributed by atoms with Crippen molar-refractivity contribution in [3.63, 3.8) is 0 Å². The Kier molecular flexibility index (Phi) is 4.82. The Balaban J connectivity index is 0.00000121. The second-order valence-corrected chi connectivity index (χ2v) is 3.07. The summed E-state index contributed by atoms with van der Waals surface area (Å²) >= 11 is 0. The Morgan fingerprint density at radius 3 is 2.33 bits per heavy atom. The van der Waals surface area contributed by atoms with Crippen molar-refractivity contribution in [1.82, 2.24) is 4.68 Å². The summed E-state index contributed by atoms with van der Waals surface area (Å²) in [5.41, 5.74) is 2.68. The van der Waals surface area contributed by atoms with Gasteiger partial charge in [-0.05, 0) is 13.3 Å². The van der Waals surface area contributed by atoms with Gasteiger partial charge < -0.3 is 24.0 Å². The molecule has 0 saturated heterocycles. The van der Waals surface area contributed by atoms with Crippen molar-refractivity contribution in [3.05, 3.63) is 17.5 Å². The number of aromatic nitrogens is 2. The van der Waals surface area contributed by atoms with E-state index in [0.29, 0.717) is 0 Å². The quantitative estimate of drug-likeness (QED) is 0.453. The van der Waals surface area contributed by atoms with Crippen LogP contribution in [0.5, 0.6) is 0 Å². The average Bonchev–Trinajstić information content (AvgIpc) is 2.17. The minimum absolute atomic E-state index is 0. The normalized spacial score (nSPS) is 9.67. The van der Waals surface area contributed by atoms with Gasteiger partial charge in [-0.15, -0.1) is 4.68 Å². The van der Waals surface area contributed by atoms with Gasteiger partial charge in [0, 0.05) is 13.0 Å². The van der Waals surface area contributed by atoms with Crippen molar-refractivity contribution in [2.24, 2.45) is 7.05 Å². The summed E-state index contributed by atoms with van der Waals surface area (Å²) in [6, 6.07) is 2.22. The third kappa shape index (κ3) is 2.21. The lowest BCUT2D eigenvalue weighted by atomic mass is 10.4. The van der Waals surface area contributed by atoms with E-state index in [1.165, 1.54) is 17.8 Å². The van der Waals surface area contributed by atoms with E-state index in [1.54, 1.807) is 0 Å². The van der Waals surface area contributed by atoms with E-state index in [2.05, 4.69) is 43.2 Å². The van der Waals surface area contributed by atoms with Gasteiger partial charge >= 0.3 is 0 Å². The molecule has 70 valence electrons. The highest BCUT2D eigenvalue weighted by molar-refractivity contribution is 5.01. The second-order valence-electron chi connectivity index (χ2n) is 3.07. The van der Waals surface area contributed by atoms with Crippen LogP contribution in [-0.2, 0) is 13.6 Å². The zero-order valence-corrected chi connectivity index (χ0v) is 10.4. The molecule has 0 saturated carbocycles. The first kappa shape index (κ1) is 11.9. The Morgan fingerprint density at radius 2 is 2.00 bits per heavy atom. The number of hydrogen-bond donors (Lipinski definition) is 0. The molecular formula is C9H17IN2. The monoisotopic (exact) mass is 280 g/mol. The number of halogens is 1. The highest BCUT2D eigenvalue weighted by Crippen LogP contribution is 1.99. The van der Waals surface area contributed by atoms with Crippen LogP contribution in [0.3, 0.4) is 0 Å². The van der Waals surface area contributed by atoms with E-state index < -0.39 is 0 Å². The van der Waals surface area contributed by atoms with Crippen LogP contribution in [0.1, 0.15) is 24.7 Å². The van der Waals surface area contributed by atoms with E-state index in [4.69, 9.17) is 0 Å². The van der Waals surface area contributed by atoms with E-state index >= 15 is 0 Å². The van der Waals surface area contributed by atoms with Crippen LogP contribution in [0.25, 0.3) is 0 Å². The summed E-state index contributed by atoms with van der Waals surface area (Å²) in [6.07, 6.45) is 1.20. The van der Waals surface area contributed by atoms with E-state index in [9.17, 15) is 0 Å². The molecule has 1 aromatic heterocycles. The van der Waals surface area contributed by atoms with Gasteiger partial charge in [0.2, 0.25) is 5.69 Å². The van der Waals surface area contributed by atoms with Crippen LogP contribution in [-0.4, -0.2) is 4.68 Å². The van der Waals surface area contributed by atoms with Crippen molar-refractivity contribution >= 4 is 0 Å². The Bertz CT molecular complexity index is 253. The SMILES string of the molecule is CCCn1c(C)cc(C)[n+]1C.[I-]. The van der Waals surface area contributed by atoms with Crippen molar-refractivity contribution in [1.29, 1.82) is 0 Å². The number of rotatable bonds is 2. The summed E-state index contributed by atoms with van der Waals surface area (Å²) in [5, 5.41) is 0. The van der Waals surface area contributed by atoms with Crippen LogP contribution in [0, 0.1) is 13.8 Å². The van der Waals surface area contributed by atoms with Gasteiger partial charge in [-0.3, -0.25) is 0 Å². The summed E-state index contributed by atoms with van der Waals surface area (Å²) < 4.78 is 4.51. The van der Waals surface area contributed by atoms with Crippen molar-refractivity contribution in [2.45, 2.75) is 33.7 Å². The van der Waals surface area contributed by atoms with Gasteiger partial charge in [0.1, 0.15) is 0 Å². The third-order valence-corrected chi connectivity index (χ3v) is 2.13. The molecule has 1 rings (SSSR count). The zero-order valence-electron chi connectivity index (χ0n) is 8.26. The summed E-state index contributed by atoms with van der Waals surface area (Å²) in [5.74, 6) is 0. The Hall–Kier alpha value is -0.0600. The fraction of sp³-hybridized carbons (Fsp3) is 0.667. The fourth-order valence-electron chi connectivity index (χ4n) is 1.44. The number of hydrogen-bond acceptors (Lipinski definition) is 0. The molecule has 1 aromatic rings. The van der Waals surface area contributed by atoms with Gasteiger partial charge in [0.05, 0.1) is 12.2 Å². The fourth-order valence-corrected chi connectivity index (χ4v) is 1.44. The van der Waals surface area contributed by atoms with Gasteiger partial charge in [-0.1, -0.05) is 6.92 Å². The molecule has 0 radical (unpaired) electrons. The number of nitrogens with zero attached hydrogens (tertiary/aromatic N) is 2. The highest BCUT2D eigenvalue weighted by Gasteiger charge is 2.10. The summed E-state index contributed by atoms with van der Waals surface area (Å²) in [7, 11) is 2.11. The summed E-state index contributed by atoms with van der Waals surface area (Å²) in [6.45, 7) is 7.62. The van der Waals surface area contributed by atoms with Crippen molar-refractivity contribution < 1.29 is 28.7 Å². The van der Waals surface area contributed by atoms with E-state index in [0.717, 1.165) is 6.54 Å². The number of aryl methyl sites for hydroxylation is 2. The minimum atomic E-state index is 0. The smallest absolute Gasteiger partial charge is 0.204 e. The Labute approximate surface area is 91.6 Å². The summed E-state index contributed by atoms with van der Waals surface area (Å²) in [4.78, 5) is 0. The Morgan fingerprint density at radius 1 is 1.42 bits per heavy atom. The molecule has 0 aromatic carbocycles. The van der Waals surface area contributed by atoms with Gasteiger partial charge in [0.15, 0.2) is 7.05 Å². The molecule has 3 heteroatoms. The van der Waals surface area contributed by atoms with Gasteiger partial charge in [0.25, 0.3) is 0 Å². The lowest BCUT2D eigenvalue weighted by molar-refractivity contribution is -0.759. The average molecular weight is 280 g/mol. The van der Waals surface area contributed by atoms with E-state index in [-0.39, 0.29) is 24.0 Å². The molecule has 0 amide bonds. The van der Waals surface area contributed by atoms with Crippen LogP contribution in [0.4, 0.5) is 0 Å². The van der Waals surface area contributed by atoms with Crippen LogP contribution in [0.15, 0.2) is 6.07 Å². The zero-order chi connectivity index (χ0) is 8.43. The first-order valence-electron chi connectivity index (χ1n) is 4.20. The molecule has 0 fully saturated rings. The molecule has 0 atom stereocenters. The molecule has 0 bridgehead atoms. The predicted molar refractivity (Wildman–Crippen MR) is 45.4 cm³/mol. The first-order chi connectivity index (χ1) is 5.16. The van der Waals surface area contributed by atoms with Crippen molar-refractivity contribution in [2.75, 3.05) is 0 Å². The van der Waals surface area contributed by atoms with E-state index in [1.807, 2.05) is 0 Å². The molecule has 0 aliphatic heterocycles. The van der Waals surface area contributed by atoms with Crippen LogP contribution >= 0.6 is 0 Å². The molecule has 12 heavy (non-hydrogen) atoms. The predicted octanol–water partition coefficient (Wildman–Crippen LogP) is -1.66. The first-order valence-corrected chi connectivity index (χ1v) is 4.20. The van der Waals surface area contributed by atoms with Crippen LogP contribution in [0.2, 0.25) is 0 Å². The second kappa shape index (κ2) is 4.84. The van der Waals surface area contributed by atoms with Crippen LogP contribution < -0.4 is 28.7 Å². The topological polar surface area (TPSA) is 8.81 Å². The molecule has 0 aliphatic carbocycles. The van der Waals surface area contributed by atoms with Gasteiger partial charge in [-0.25, -0.2) is 0 Å². The molecule has 0 spiro atoms. The lowest BCUT2D eigenvalue weighted by Gasteiger charge is -1.99. The molecule has 0 aliphatic rings. The molecular weight excluding hydrogens is 263 g/mol. The molecule has 2 nitrogen and oxygen atoms in total. The molecule has 0 N–H and O–H groups in total. The third-order valence-electron chi connectivity index (χ3n) is 2.13. The maximum atomic E-state index is 2.30. The maximum absolute atomic E-state index is 2.30. The van der Waals surface area contributed by atoms with Crippen molar-refractivity contribution in [3.8, 4) is 0 Å². The maximum Gasteiger partial charge on any atom is 0.204 e.